The van der Waals surface area contributed by atoms with Gasteiger partial charge >= 0.3 is 5.69 Å². The first kappa shape index (κ1) is 17.9. The molecule has 26 heavy (non-hydrogen) atoms. The van der Waals surface area contributed by atoms with Gasteiger partial charge in [-0.15, -0.1) is 0 Å². The van der Waals surface area contributed by atoms with Crippen LogP contribution in [0.2, 0.25) is 5.02 Å². The number of carbonyl (C=O) groups is 1. The molecule has 3 rings (SSSR count). The number of hydrogen-bond acceptors (Lipinski definition) is 4. The Morgan fingerprint density at radius 1 is 1.23 bits per heavy atom. The molecule has 0 aliphatic heterocycles. The van der Waals surface area contributed by atoms with Gasteiger partial charge in [0.15, 0.2) is 11.2 Å². The van der Waals surface area contributed by atoms with Crippen molar-refractivity contribution < 1.29 is 4.79 Å². The molecular weight excluding hydrogens is 358 g/mol. The van der Waals surface area contributed by atoms with Crippen LogP contribution >= 0.6 is 11.6 Å². The van der Waals surface area contributed by atoms with Crippen LogP contribution in [-0.4, -0.2) is 36.5 Å². The van der Waals surface area contributed by atoms with Crippen molar-refractivity contribution in [3.63, 3.8) is 0 Å². The van der Waals surface area contributed by atoms with Crippen LogP contribution in [0.25, 0.3) is 11.2 Å². The summed E-state index contributed by atoms with van der Waals surface area (Å²) in [5, 5.41) is 0.605. The second-order valence-electron chi connectivity index (χ2n) is 6.13. The summed E-state index contributed by atoms with van der Waals surface area (Å²) < 4.78 is 3.75. The Kier molecular flexibility index (Phi) is 4.69. The first-order valence-corrected chi connectivity index (χ1v) is 8.26. The number of rotatable bonds is 4. The molecule has 0 spiro atoms. The number of imidazole rings is 1. The third-order valence-electron chi connectivity index (χ3n) is 4.26. The number of carbonyl (C=O) groups excluding carboxylic acids is 1. The van der Waals surface area contributed by atoms with E-state index in [-0.39, 0.29) is 23.6 Å². The highest BCUT2D eigenvalue weighted by Crippen LogP contribution is 2.13. The monoisotopic (exact) mass is 375 g/mol. The fourth-order valence-electron chi connectivity index (χ4n) is 2.78. The van der Waals surface area contributed by atoms with Crippen molar-refractivity contribution in [1.29, 1.82) is 0 Å². The van der Waals surface area contributed by atoms with Gasteiger partial charge in [-0.1, -0.05) is 23.7 Å². The van der Waals surface area contributed by atoms with Gasteiger partial charge in [0.1, 0.15) is 6.54 Å². The summed E-state index contributed by atoms with van der Waals surface area (Å²) in [6.07, 6.45) is 1.40. The molecule has 1 amide bonds. The van der Waals surface area contributed by atoms with Crippen LogP contribution in [0.4, 0.5) is 0 Å². The zero-order valence-electron chi connectivity index (χ0n) is 14.6. The lowest BCUT2D eigenvalue weighted by molar-refractivity contribution is -0.131. The number of halogens is 1. The van der Waals surface area contributed by atoms with E-state index in [9.17, 15) is 14.4 Å². The highest BCUT2D eigenvalue weighted by Gasteiger charge is 2.17. The third kappa shape index (κ3) is 3.15. The molecule has 136 valence electrons. The maximum atomic E-state index is 12.6. The van der Waals surface area contributed by atoms with Crippen LogP contribution in [0.15, 0.2) is 40.2 Å². The molecule has 9 heteroatoms. The van der Waals surface area contributed by atoms with Crippen molar-refractivity contribution in [3.05, 3.63) is 62.0 Å². The molecule has 0 N–H and O–H groups in total. The first-order chi connectivity index (χ1) is 12.3. The van der Waals surface area contributed by atoms with E-state index in [1.54, 1.807) is 24.1 Å². The predicted molar refractivity (Wildman–Crippen MR) is 98.1 cm³/mol. The summed E-state index contributed by atoms with van der Waals surface area (Å²) in [6, 6.07) is 7.27. The average Bonchev–Trinajstić information content (AvgIpc) is 3.01. The van der Waals surface area contributed by atoms with Gasteiger partial charge in [0.2, 0.25) is 5.91 Å². The Hall–Kier alpha value is -2.87. The zero-order valence-corrected chi connectivity index (χ0v) is 15.4. The molecular formula is C17H18ClN5O3. The molecule has 0 fully saturated rings. The number of nitrogens with zero attached hydrogens (tertiary/aromatic N) is 5. The molecule has 0 aliphatic carbocycles. The SMILES string of the molecule is CN(Cc1cccc(Cl)c1)C(=O)Cn1cnc2c1c(=O)n(C)c(=O)n2C. The molecule has 1 aromatic carbocycles. The van der Waals surface area contributed by atoms with Crippen molar-refractivity contribution in [2.45, 2.75) is 13.1 Å². The van der Waals surface area contributed by atoms with Crippen molar-refractivity contribution in [1.82, 2.24) is 23.6 Å². The lowest BCUT2D eigenvalue weighted by atomic mass is 10.2. The fourth-order valence-corrected chi connectivity index (χ4v) is 2.99. The Bertz CT molecular complexity index is 1110. The van der Waals surface area contributed by atoms with E-state index in [0.29, 0.717) is 11.6 Å². The van der Waals surface area contributed by atoms with E-state index in [1.807, 2.05) is 12.1 Å². The second kappa shape index (κ2) is 6.80. The topological polar surface area (TPSA) is 82.1 Å². The van der Waals surface area contributed by atoms with Gasteiger partial charge in [-0.05, 0) is 17.7 Å². The summed E-state index contributed by atoms with van der Waals surface area (Å²) in [4.78, 5) is 42.6. The smallest absolute Gasteiger partial charge is 0.332 e. The largest absolute Gasteiger partial charge is 0.340 e. The molecule has 3 aromatic rings. The zero-order chi connectivity index (χ0) is 19.0. The number of fused-ring (bicyclic) bond motifs is 1. The maximum Gasteiger partial charge on any atom is 0.332 e. The van der Waals surface area contributed by atoms with E-state index in [1.165, 1.54) is 29.6 Å². The second-order valence-corrected chi connectivity index (χ2v) is 6.57. The van der Waals surface area contributed by atoms with E-state index in [0.717, 1.165) is 10.1 Å². The van der Waals surface area contributed by atoms with Crippen LogP contribution in [0.5, 0.6) is 0 Å². The molecule has 0 atom stereocenters. The molecule has 0 saturated carbocycles. The Balaban J connectivity index is 1.88. The van der Waals surface area contributed by atoms with Crippen LogP contribution in [0.1, 0.15) is 5.56 Å². The number of benzene rings is 1. The first-order valence-electron chi connectivity index (χ1n) is 7.89. The lowest BCUT2D eigenvalue weighted by Gasteiger charge is -2.18. The minimum Gasteiger partial charge on any atom is -0.340 e. The molecule has 2 heterocycles. The standard InChI is InChI=1S/C17H18ClN5O3/c1-20(8-11-5-4-6-12(18)7-11)13(24)9-23-10-19-15-14(23)16(25)22(3)17(26)21(15)2/h4-7,10H,8-9H2,1-3H3. The molecule has 2 aromatic heterocycles. The van der Waals surface area contributed by atoms with Crippen LogP contribution in [0, 0.1) is 0 Å². The Morgan fingerprint density at radius 3 is 2.65 bits per heavy atom. The summed E-state index contributed by atoms with van der Waals surface area (Å²) in [5.74, 6) is -0.194. The van der Waals surface area contributed by atoms with Crippen LogP contribution in [-0.2, 0) is 32.0 Å². The minimum absolute atomic E-state index is 0.0546. The Morgan fingerprint density at radius 2 is 1.96 bits per heavy atom. The number of amides is 1. The predicted octanol–water partition coefficient (Wildman–Crippen LogP) is 0.746. The summed E-state index contributed by atoms with van der Waals surface area (Å²) in [7, 11) is 4.61. The highest BCUT2D eigenvalue weighted by molar-refractivity contribution is 6.30. The van der Waals surface area contributed by atoms with E-state index < -0.39 is 11.2 Å². The molecule has 0 aliphatic rings. The molecule has 0 radical (unpaired) electrons. The van der Waals surface area contributed by atoms with Gasteiger partial charge in [0, 0.05) is 32.7 Å². The number of hydrogen-bond donors (Lipinski definition) is 0. The van der Waals surface area contributed by atoms with Crippen molar-refractivity contribution >= 4 is 28.7 Å². The van der Waals surface area contributed by atoms with E-state index in [2.05, 4.69) is 4.98 Å². The highest BCUT2D eigenvalue weighted by atomic mass is 35.5. The maximum absolute atomic E-state index is 12.6. The van der Waals surface area contributed by atoms with Gasteiger partial charge in [-0.25, -0.2) is 9.78 Å². The fraction of sp³-hybridized carbons (Fsp3) is 0.294. The average molecular weight is 376 g/mol. The summed E-state index contributed by atoms with van der Waals surface area (Å²) in [5.41, 5.74) is 0.438. The Labute approximate surface area is 153 Å². The molecule has 0 bridgehead atoms. The lowest BCUT2D eigenvalue weighted by Crippen LogP contribution is -2.38. The van der Waals surface area contributed by atoms with Crippen molar-refractivity contribution in [2.24, 2.45) is 14.1 Å². The molecule has 0 saturated heterocycles. The third-order valence-corrected chi connectivity index (χ3v) is 4.49. The quantitative estimate of drug-likeness (QED) is 0.673. The van der Waals surface area contributed by atoms with Crippen molar-refractivity contribution in [2.75, 3.05) is 7.05 Å². The number of aromatic nitrogens is 4. The van der Waals surface area contributed by atoms with Crippen LogP contribution in [0.3, 0.4) is 0 Å². The summed E-state index contributed by atoms with van der Waals surface area (Å²) in [6.45, 7) is 0.337. The van der Waals surface area contributed by atoms with Crippen LogP contribution < -0.4 is 11.2 Å². The van der Waals surface area contributed by atoms with Crippen molar-refractivity contribution in [3.8, 4) is 0 Å². The number of likely N-dealkylation sites (N-methyl/N-ethyl adjacent to an activating group) is 1. The van der Waals surface area contributed by atoms with Gasteiger partial charge in [-0.2, -0.15) is 0 Å². The van der Waals surface area contributed by atoms with E-state index in [4.69, 9.17) is 11.6 Å². The minimum atomic E-state index is -0.481. The summed E-state index contributed by atoms with van der Waals surface area (Å²) >= 11 is 5.97. The number of aryl methyl sites for hydroxylation is 1. The molecule has 8 nitrogen and oxygen atoms in total. The van der Waals surface area contributed by atoms with Gasteiger partial charge < -0.3 is 9.47 Å². The molecule has 0 unspecified atom stereocenters. The van der Waals surface area contributed by atoms with E-state index >= 15 is 0 Å². The normalized spacial score (nSPS) is 11.1. The van der Waals surface area contributed by atoms with Gasteiger partial charge in [0.05, 0.1) is 6.33 Å². The van der Waals surface area contributed by atoms with Gasteiger partial charge in [0.25, 0.3) is 5.56 Å². The van der Waals surface area contributed by atoms with Gasteiger partial charge in [-0.3, -0.25) is 18.7 Å².